The number of benzene rings is 1. The fourth-order valence-electron chi connectivity index (χ4n) is 2.72. The molecule has 0 unspecified atom stereocenters. The molecular formula is C19H19N3O2S. The lowest BCUT2D eigenvalue weighted by atomic mass is 10.1. The molecule has 0 saturated carbocycles. The molecule has 0 fully saturated rings. The molecule has 1 amide bonds. The molecule has 3 rings (SSSR count). The van der Waals surface area contributed by atoms with E-state index < -0.39 is 0 Å². The lowest BCUT2D eigenvalue weighted by Gasteiger charge is -2.09. The number of aromatic nitrogens is 1. The number of nitrogens with two attached hydrogens (primary N) is 1. The van der Waals surface area contributed by atoms with Gasteiger partial charge in [0.2, 0.25) is 0 Å². The van der Waals surface area contributed by atoms with Crippen LogP contribution in [-0.2, 0) is 0 Å². The zero-order valence-corrected chi connectivity index (χ0v) is 15.4. The number of carbonyl (C=O) groups excluding carboxylic acids is 2. The van der Waals surface area contributed by atoms with E-state index in [1.807, 2.05) is 32.0 Å². The summed E-state index contributed by atoms with van der Waals surface area (Å²) < 4.78 is 0. The smallest absolute Gasteiger partial charge is 0.267 e. The van der Waals surface area contributed by atoms with E-state index in [-0.39, 0.29) is 11.7 Å². The molecule has 3 aromatic rings. The minimum atomic E-state index is -0.267. The summed E-state index contributed by atoms with van der Waals surface area (Å²) >= 11 is 1.24. The molecular weight excluding hydrogens is 334 g/mol. The number of nitrogen functional groups attached to an aromatic ring is 1. The number of thiophene rings is 1. The highest BCUT2D eigenvalue weighted by Crippen LogP contribution is 2.34. The standard InChI is InChI=1S/C19H19N3O2S/c1-9-6-5-7-15(10(9)2)22-18(24)17-16(20)14-8-13(12(4)23)11(3)21-19(14)25-17/h5-8H,20H2,1-4H3,(H,22,24). The first-order valence-corrected chi connectivity index (χ1v) is 8.69. The first kappa shape index (κ1) is 17.1. The Hall–Kier alpha value is -2.73. The second kappa shape index (κ2) is 6.29. The van der Waals surface area contributed by atoms with Gasteiger partial charge < -0.3 is 11.1 Å². The van der Waals surface area contributed by atoms with E-state index in [2.05, 4.69) is 10.3 Å². The van der Waals surface area contributed by atoms with Crippen molar-refractivity contribution in [2.45, 2.75) is 27.7 Å². The molecule has 1 aromatic carbocycles. The summed E-state index contributed by atoms with van der Waals surface area (Å²) in [5.74, 6) is -0.338. The first-order valence-electron chi connectivity index (χ1n) is 7.87. The van der Waals surface area contributed by atoms with Crippen LogP contribution in [0, 0.1) is 20.8 Å². The first-order chi connectivity index (χ1) is 11.8. The Labute approximate surface area is 149 Å². The largest absolute Gasteiger partial charge is 0.397 e. The van der Waals surface area contributed by atoms with Crippen LogP contribution in [0.4, 0.5) is 11.4 Å². The van der Waals surface area contributed by atoms with Crippen molar-refractivity contribution in [2.75, 3.05) is 11.1 Å². The summed E-state index contributed by atoms with van der Waals surface area (Å²) in [6, 6.07) is 7.48. The SMILES string of the molecule is CC(=O)c1cc2c(N)c(C(=O)Nc3cccc(C)c3C)sc2nc1C. The maximum absolute atomic E-state index is 12.7. The molecule has 0 radical (unpaired) electrons. The molecule has 0 aliphatic heterocycles. The molecule has 0 saturated heterocycles. The van der Waals surface area contributed by atoms with Gasteiger partial charge in [0, 0.05) is 22.3 Å². The summed E-state index contributed by atoms with van der Waals surface area (Å²) in [5, 5.41) is 3.56. The van der Waals surface area contributed by atoms with Crippen molar-refractivity contribution >= 4 is 44.6 Å². The second-order valence-corrected chi connectivity index (χ2v) is 7.08. The van der Waals surface area contributed by atoms with Crippen LogP contribution in [0.5, 0.6) is 0 Å². The number of fused-ring (bicyclic) bond motifs is 1. The van der Waals surface area contributed by atoms with Gasteiger partial charge in [0.25, 0.3) is 5.91 Å². The zero-order valence-electron chi connectivity index (χ0n) is 14.6. The maximum atomic E-state index is 12.7. The van der Waals surface area contributed by atoms with Gasteiger partial charge in [-0.25, -0.2) is 4.98 Å². The molecule has 25 heavy (non-hydrogen) atoms. The van der Waals surface area contributed by atoms with Crippen molar-refractivity contribution in [3.8, 4) is 0 Å². The lowest BCUT2D eigenvalue weighted by Crippen LogP contribution is -2.13. The number of ketones is 1. The monoisotopic (exact) mass is 353 g/mol. The van der Waals surface area contributed by atoms with Gasteiger partial charge in [-0.15, -0.1) is 11.3 Å². The highest BCUT2D eigenvalue weighted by molar-refractivity contribution is 7.21. The third kappa shape index (κ3) is 3.00. The van der Waals surface area contributed by atoms with E-state index in [4.69, 9.17) is 5.73 Å². The topological polar surface area (TPSA) is 85.1 Å². The van der Waals surface area contributed by atoms with Crippen LogP contribution in [-0.4, -0.2) is 16.7 Å². The third-order valence-corrected chi connectivity index (χ3v) is 5.46. The highest BCUT2D eigenvalue weighted by Gasteiger charge is 2.20. The Bertz CT molecular complexity index is 1020. The van der Waals surface area contributed by atoms with E-state index >= 15 is 0 Å². The number of nitrogens with zero attached hydrogens (tertiary/aromatic N) is 1. The molecule has 0 spiro atoms. The molecule has 3 N–H and O–H groups in total. The number of amides is 1. The number of anilines is 2. The van der Waals surface area contributed by atoms with Crippen LogP contribution in [0.3, 0.4) is 0 Å². The van der Waals surface area contributed by atoms with Crippen LogP contribution >= 0.6 is 11.3 Å². The quantitative estimate of drug-likeness (QED) is 0.689. The van der Waals surface area contributed by atoms with Gasteiger partial charge in [-0.3, -0.25) is 9.59 Å². The molecule has 0 atom stereocenters. The lowest BCUT2D eigenvalue weighted by molar-refractivity contribution is 0.101. The van der Waals surface area contributed by atoms with Gasteiger partial charge in [-0.05, 0) is 51.0 Å². The van der Waals surface area contributed by atoms with Crippen LogP contribution in [0.25, 0.3) is 10.2 Å². The predicted octanol–water partition coefficient (Wildman–Crippen LogP) is 4.26. The van der Waals surface area contributed by atoms with Crippen molar-refractivity contribution in [2.24, 2.45) is 0 Å². The van der Waals surface area contributed by atoms with Crippen molar-refractivity contribution in [1.82, 2.24) is 4.98 Å². The molecule has 5 nitrogen and oxygen atoms in total. The Morgan fingerprint density at radius 3 is 2.60 bits per heavy atom. The second-order valence-electron chi connectivity index (χ2n) is 6.08. The molecule has 128 valence electrons. The zero-order chi connectivity index (χ0) is 18.3. The predicted molar refractivity (Wildman–Crippen MR) is 103 cm³/mol. The molecule has 0 aliphatic carbocycles. The van der Waals surface area contributed by atoms with Gasteiger partial charge in [0.15, 0.2) is 5.78 Å². The Morgan fingerprint density at radius 2 is 1.92 bits per heavy atom. The molecule has 0 aliphatic rings. The summed E-state index contributed by atoms with van der Waals surface area (Å²) in [5.41, 5.74) is 10.6. The molecule has 2 heterocycles. The molecule has 0 bridgehead atoms. The normalized spacial score (nSPS) is 10.9. The number of nitrogens with one attached hydrogen (secondary N) is 1. The minimum Gasteiger partial charge on any atom is -0.397 e. The van der Waals surface area contributed by atoms with Gasteiger partial charge in [0.1, 0.15) is 9.71 Å². The van der Waals surface area contributed by atoms with E-state index in [0.29, 0.717) is 32.0 Å². The van der Waals surface area contributed by atoms with Crippen LogP contribution in [0.1, 0.15) is 43.8 Å². The Morgan fingerprint density at radius 1 is 1.20 bits per heavy atom. The van der Waals surface area contributed by atoms with E-state index in [9.17, 15) is 9.59 Å². The third-order valence-electron chi connectivity index (χ3n) is 4.35. The van der Waals surface area contributed by atoms with Gasteiger partial charge in [-0.2, -0.15) is 0 Å². The minimum absolute atomic E-state index is 0.0705. The van der Waals surface area contributed by atoms with E-state index in [1.54, 1.807) is 13.0 Å². The number of pyridine rings is 1. The summed E-state index contributed by atoms with van der Waals surface area (Å²) in [7, 11) is 0. The summed E-state index contributed by atoms with van der Waals surface area (Å²) in [6.07, 6.45) is 0. The van der Waals surface area contributed by atoms with Crippen molar-refractivity contribution in [3.63, 3.8) is 0 Å². The fraction of sp³-hybridized carbons (Fsp3) is 0.211. The number of Topliss-reactive ketones (excluding diaryl/α,β-unsaturated/α-hetero) is 1. The Balaban J connectivity index is 2.03. The fourth-order valence-corrected chi connectivity index (χ4v) is 3.74. The molecule has 6 heteroatoms. The number of hydrogen-bond acceptors (Lipinski definition) is 5. The van der Waals surface area contributed by atoms with Crippen LogP contribution in [0.15, 0.2) is 24.3 Å². The summed E-state index contributed by atoms with van der Waals surface area (Å²) in [4.78, 5) is 29.9. The van der Waals surface area contributed by atoms with Gasteiger partial charge >= 0.3 is 0 Å². The highest BCUT2D eigenvalue weighted by atomic mass is 32.1. The van der Waals surface area contributed by atoms with Crippen molar-refractivity contribution < 1.29 is 9.59 Å². The number of rotatable bonds is 3. The average molecular weight is 353 g/mol. The van der Waals surface area contributed by atoms with Gasteiger partial charge in [-0.1, -0.05) is 12.1 Å². The van der Waals surface area contributed by atoms with Gasteiger partial charge in [0.05, 0.1) is 5.69 Å². The van der Waals surface area contributed by atoms with Crippen molar-refractivity contribution in [3.05, 3.63) is 51.5 Å². The number of aryl methyl sites for hydroxylation is 2. The number of hydrogen-bond donors (Lipinski definition) is 2. The molecule has 2 aromatic heterocycles. The van der Waals surface area contributed by atoms with E-state index in [0.717, 1.165) is 16.8 Å². The Kier molecular flexibility index (Phi) is 4.30. The maximum Gasteiger partial charge on any atom is 0.267 e. The summed E-state index contributed by atoms with van der Waals surface area (Å²) in [6.45, 7) is 7.23. The van der Waals surface area contributed by atoms with Crippen LogP contribution < -0.4 is 11.1 Å². The van der Waals surface area contributed by atoms with Crippen LogP contribution in [0.2, 0.25) is 0 Å². The average Bonchev–Trinajstić information content (AvgIpc) is 2.87. The number of carbonyl (C=O) groups is 2. The van der Waals surface area contributed by atoms with E-state index in [1.165, 1.54) is 18.3 Å². The van der Waals surface area contributed by atoms with Crippen molar-refractivity contribution in [1.29, 1.82) is 0 Å².